The summed E-state index contributed by atoms with van der Waals surface area (Å²) in [5, 5.41) is 14.0. The van der Waals surface area contributed by atoms with E-state index in [0.717, 1.165) is 12.8 Å². The van der Waals surface area contributed by atoms with Gasteiger partial charge in [-0.15, -0.1) is 0 Å². The summed E-state index contributed by atoms with van der Waals surface area (Å²) in [6.45, 7) is 2.60. The number of benzene rings is 1. The summed E-state index contributed by atoms with van der Waals surface area (Å²) in [6, 6.07) is 4.19. The number of alkyl carbamates (subject to hydrolysis) is 1. The zero-order chi connectivity index (χ0) is 19.9. The number of hydrogen-bond acceptors (Lipinski definition) is 4. The van der Waals surface area contributed by atoms with Gasteiger partial charge in [-0.2, -0.15) is 0 Å². The van der Waals surface area contributed by atoms with E-state index in [1.807, 2.05) is 0 Å². The van der Waals surface area contributed by atoms with Crippen molar-refractivity contribution in [1.29, 1.82) is 0 Å². The van der Waals surface area contributed by atoms with Crippen LogP contribution in [-0.2, 0) is 11.3 Å². The number of carbonyl (C=O) groups excluding carboxylic acids is 1. The zero-order valence-corrected chi connectivity index (χ0v) is 16.9. The predicted molar refractivity (Wildman–Crippen MR) is 108 cm³/mol. The maximum absolute atomic E-state index is 11.7. The Hall–Kier alpha value is -1.82. The molecule has 0 unspecified atom stereocenters. The van der Waals surface area contributed by atoms with Crippen molar-refractivity contribution in [3.05, 3.63) is 38.9 Å². The second-order valence-electron chi connectivity index (χ2n) is 6.72. The molecule has 0 aliphatic carbocycles. The minimum atomic E-state index is -0.569. The second-order valence-corrected chi connectivity index (χ2v) is 7.15. The van der Waals surface area contributed by atoms with E-state index in [2.05, 4.69) is 12.2 Å². The van der Waals surface area contributed by atoms with Gasteiger partial charge in [-0.3, -0.25) is 10.1 Å². The molecule has 1 aromatic carbocycles. The fourth-order valence-corrected chi connectivity index (χ4v) is 3.04. The van der Waals surface area contributed by atoms with Crippen molar-refractivity contribution in [2.75, 3.05) is 6.54 Å². The van der Waals surface area contributed by atoms with E-state index in [9.17, 15) is 14.9 Å². The molecule has 0 spiro atoms. The van der Waals surface area contributed by atoms with E-state index in [4.69, 9.17) is 16.3 Å². The average Bonchev–Trinajstić information content (AvgIpc) is 2.64. The molecule has 0 heterocycles. The van der Waals surface area contributed by atoms with Crippen LogP contribution in [0, 0.1) is 10.1 Å². The van der Waals surface area contributed by atoms with Crippen LogP contribution in [0.2, 0.25) is 5.02 Å². The molecule has 1 amide bonds. The lowest BCUT2D eigenvalue weighted by Gasteiger charge is -2.08. The topological polar surface area (TPSA) is 81.5 Å². The number of nitrogens with zero attached hydrogens (tertiary/aromatic N) is 1. The summed E-state index contributed by atoms with van der Waals surface area (Å²) in [6.07, 6.45) is 11.8. The predicted octanol–water partition coefficient (Wildman–Crippen LogP) is 6.40. The van der Waals surface area contributed by atoms with Crippen molar-refractivity contribution in [1.82, 2.24) is 5.32 Å². The summed E-state index contributed by atoms with van der Waals surface area (Å²) in [5.74, 6) is 0. The van der Waals surface area contributed by atoms with Gasteiger partial charge in [0.15, 0.2) is 0 Å². The third-order valence-corrected chi connectivity index (χ3v) is 4.63. The maximum atomic E-state index is 11.7. The number of ether oxygens (including phenoxy) is 1. The van der Waals surface area contributed by atoms with Crippen molar-refractivity contribution < 1.29 is 14.5 Å². The molecule has 0 aliphatic heterocycles. The first-order chi connectivity index (χ1) is 13.0. The molecule has 1 N–H and O–H groups in total. The van der Waals surface area contributed by atoms with Gasteiger partial charge < -0.3 is 10.1 Å². The van der Waals surface area contributed by atoms with Crippen molar-refractivity contribution in [3.63, 3.8) is 0 Å². The molecule has 1 rings (SSSR count). The van der Waals surface area contributed by atoms with Crippen LogP contribution in [-0.4, -0.2) is 17.6 Å². The Morgan fingerprint density at radius 2 is 1.67 bits per heavy atom. The fraction of sp³-hybridized carbons (Fsp3) is 0.650. The molecule has 152 valence electrons. The minimum Gasteiger partial charge on any atom is -0.444 e. The molecule has 0 fully saturated rings. The molecule has 0 bridgehead atoms. The highest BCUT2D eigenvalue weighted by atomic mass is 35.5. The number of nitro groups is 1. The van der Waals surface area contributed by atoms with Crippen LogP contribution in [0.25, 0.3) is 0 Å². The van der Waals surface area contributed by atoms with E-state index in [-0.39, 0.29) is 17.9 Å². The third-order valence-electron chi connectivity index (χ3n) is 4.40. The quantitative estimate of drug-likeness (QED) is 0.223. The van der Waals surface area contributed by atoms with Crippen LogP contribution < -0.4 is 5.32 Å². The van der Waals surface area contributed by atoms with E-state index in [1.165, 1.54) is 69.6 Å². The Labute approximate surface area is 166 Å². The van der Waals surface area contributed by atoms with Gasteiger partial charge in [-0.25, -0.2) is 4.79 Å². The van der Waals surface area contributed by atoms with Crippen molar-refractivity contribution >= 4 is 23.4 Å². The average molecular weight is 399 g/mol. The smallest absolute Gasteiger partial charge is 0.407 e. The molecule has 1 aromatic rings. The monoisotopic (exact) mass is 398 g/mol. The van der Waals surface area contributed by atoms with Gasteiger partial charge in [0.2, 0.25) is 0 Å². The molecule has 0 radical (unpaired) electrons. The van der Waals surface area contributed by atoms with Gasteiger partial charge in [0.25, 0.3) is 5.69 Å². The number of hydrogen-bond donors (Lipinski definition) is 1. The number of nitro benzene ring substituents is 1. The van der Waals surface area contributed by atoms with Gasteiger partial charge in [0.05, 0.1) is 10.5 Å². The summed E-state index contributed by atoms with van der Waals surface area (Å²) in [7, 11) is 0. The number of unbranched alkanes of at least 4 members (excludes halogenated alkanes) is 9. The van der Waals surface area contributed by atoms with Crippen molar-refractivity contribution in [3.8, 4) is 0 Å². The fourth-order valence-electron chi connectivity index (χ4n) is 2.85. The number of carbonyl (C=O) groups is 1. The standard InChI is InChI=1S/C20H31ClN2O4/c1-2-3-4-5-6-7-8-9-10-11-14-22-20(24)27-16-17-15-18(21)12-13-19(17)23(25)26/h12-13,15H,2-11,14,16H2,1H3,(H,22,24). The van der Waals surface area contributed by atoms with Crippen LogP contribution in [0.3, 0.4) is 0 Å². The van der Waals surface area contributed by atoms with Crippen LogP contribution in [0.5, 0.6) is 0 Å². The largest absolute Gasteiger partial charge is 0.444 e. The van der Waals surface area contributed by atoms with E-state index in [1.54, 1.807) is 0 Å². The molecule has 7 heteroatoms. The second kappa shape index (κ2) is 14.3. The van der Waals surface area contributed by atoms with E-state index < -0.39 is 11.0 Å². The van der Waals surface area contributed by atoms with Crippen molar-refractivity contribution in [2.24, 2.45) is 0 Å². The summed E-state index contributed by atoms with van der Waals surface area (Å²) in [5.41, 5.74) is 0.170. The van der Waals surface area contributed by atoms with E-state index >= 15 is 0 Å². The molecule has 0 atom stereocenters. The molecule has 0 saturated carbocycles. The minimum absolute atomic E-state index is 0.109. The molecular weight excluding hydrogens is 368 g/mol. The SMILES string of the molecule is CCCCCCCCCCCCNC(=O)OCc1cc(Cl)ccc1[N+](=O)[O-]. The molecular formula is C20H31ClN2O4. The lowest BCUT2D eigenvalue weighted by atomic mass is 10.1. The highest BCUT2D eigenvalue weighted by Crippen LogP contribution is 2.23. The molecule has 0 aliphatic rings. The van der Waals surface area contributed by atoms with Gasteiger partial charge in [0.1, 0.15) is 6.61 Å². The molecule has 0 saturated heterocycles. The Morgan fingerprint density at radius 1 is 1.07 bits per heavy atom. The summed E-state index contributed by atoms with van der Waals surface area (Å²) < 4.78 is 5.05. The lowest BCUT2D eigenvalue weighted by Crippen LogP contribution is -2.25. The normalized spacial score (nSPS) is 10.6. The van der Waals surface area contributed by atoms with Crippen LogP contribution in [0.15, 0.2) is 18.2 Å². The molecule has 6 nitrogen and oxygen atoms in total. The number of rotatable bonds is 14. The Kier molecular flexibility index (Phi) is 12.3. The first-order valence-corrected chi connectivity index (χ1v) is 10.3. The number of nitrogens with one attached hydrogen (secondary N) is 1. The zero-order valence-electron chi connectivity index (χ0n) is 16.2. The number of amides is 1. The maximum Gasteiger partial charge on any atom is 0.407 e. The lowest BCUT2D eigenvalue weighted by molar-refractivity contribution is -0.385. The van der Waals surface area contributed by atoms with Crippen LogP contribution >= 0.6 is 11.6 Å². The summed E-state index contributed by atoms with van der Waals surface area (Å²) >= 11 is 5.84. The molecule has 0 aromatic heterocycles. The summed E-state index contributed by atoms with van der Waals surface area (Å²) in [4.78, 5) is 22.2. The highest BCUT2D eigenvalue weighted by molar-refractivity contribution is 6.30. The first-order valence-electron chi connectivity index (χ1n) is 9.88. The van der Waals surface area contributed by atoms with Gasteiger partial charge in [-0.05, 0) is 18.6 Å². The van der Waals surface area contributed by atoms with E-state index in [0.29, 0.717) is 11.6 Å². The first kappa shape index (κ1) is 23.2. The Morgan fingerprint density at radius 3 is 2.26 bits per heavy atom. The highest BCUT2D eigenvalue weighted by Gasteiger charge is 2.15. The number of halogens is 1. The third kappa shape index (κ3) is 10.8. The Bertz CT molecular complexity index is 581. The Balaban J connectivity index is 2.08. The van der Waals surface area contributed by atoms with Crippen LogP contribution in [0.1, 0.15) is 76.7 Å². The van der Waals surface area contributed by atoms with Gasteiger partial charge >= 0.3 is 6.09 Å². The van der Waals surface area contributed by atoms with Gasteiger partial charge in [0, 0.05) is 17.6 Å². The van der Waals surface area contributed by atoms with Crippen LogP contribution in [0.4, 0.5) is 10.5 Å². The van der Waals surface area contributed by atoms with Crippen molar-refractivity contribution in [2.45, 2.75) is 77.7 Å². The molecule has 27 heavy (non-hydrogen) atoms. The van der Waals surface area contributed by atoms with Gasteiger partial charge in [-0.1, -0.05) is 76.3 Å².